The van der Waals surface area contributed by atoms with E-state index in [1.165, 1.54) is 11.1 Å². The second-order valence-corrected chi connectivity index (χ2v) is 5.82. The Hall–Kier alpha value is -0.860. The Bertz CT molecular complexity index is 478. The van der Waals surface area contributed by atoms with Gasteiger partial charge in [-0.3, -0.25) is 9.89 Å². The maximum atomic E-state index is 5.51. The molecule has 1 aliphatic rings. The summed E-state index contributed by atoms with van der Waals surface area (Å²) in [6, 6.07) is 9.12. The Morgan fingerprint density at radius 1 is 1.12 bits per heavy atom. The molecule has 0 amide bonds. The van der Waals surface area contributed by atoms with Crippen LogP contribution in [0.1, 0.15) is 31.0 Å². The molecule has 24 heavy (non-hydrogen) atoms. The van der Waals surface area contributed by atoms with Gasteiger partial charge < -0.3 is 15.4 Å². The Kier molecular flexibility index (Phi) is 10.3. The summed E-state index contributed by atoms with van der Waals surface area (Å²) in [7, 11) is 0. The van der Waals surface area contributed by atoms with Crippen LogP contribution in [-0.2, 0) is 4.74 Å². The Morgan fingerprint density at radius 3 is 2.25 bits per heavy atom. The number of aliphatic imine (C=N–C) groups is 1. The van der Waals surface area contributed by atoms with Crippen molar-refractivity contribution in [1.82, 2.24) is 15.5 Å². The molecule has 1 saturated heterocycles. The van der Waals surface area contributed by atoms with Gasteiger partial charge in [0.25, 0.3) is 0 Å². The lowest BCUT2D eigenvalue weighted by molar-refractivity contribution is 0.0179. The van der Waals surface area contributed by atoms with E-state index in [2.05, 4.69) is 60.6 Å². The van der Waals surface area contributed by atoms with E-state index in [1.807, 2.05) is 0 Å². The van der Waals surface area contributed by atoms with Gasteiger partial charge in [-0.25, -0.2) is 0 Å². The second-order valence-electron chi connectivity index (χ2n) is 5.82. The smallest absolute Gasteiger partial charge is 0.191 e. The zero-order valence-corrected chi connectivity index (χ0v) is 17.4. The number of aryl methyl sites for hydroxylation is 1. The number of nitrogens with zero attached hydrogens (tertiary/aromatic N) is 2. The molecule has 1 heterocycles. The first-order chi connectivity index (χ1) is 11.2. The summed E-state index contributed by atoms with van der Waals surface area (Å²) in [6.45, 7) is 12.3. The number of hydrogen-bond donors (Lipinski definition) is 2. The van der Waals surface area contributed by atoms with Gasteiger partial charge in [0.15, 0.2) is 5.96 Å². The highest BCUT2D eigenvalue weighted by Gasteiger charge is 2.22. The largest absolute Gasteiger partial charge is 0.379 e. The van der Waals surface area contributed by atoms with Crippen LogP contribution in [0.5, 0.6) is 0 Å². The van der Waals surface area contributed by atoms with Gasteiger partial charge in [-0.05, 0) is 26.3 Å². The SMILES string of the molecule is CCNC(=NCC(c1ccc(C)cc1)N1CCOCC1)NCC.I. The van der Waals surface area contributed by atoms with Crippen LogP contribution in [0.15, 0.2) is 29.3 Å². The lowest BCUT2D eigenvalue weighted by atomic mass is 10.0. The third-order valence-corrected chi connectivity index (χ3v) is 4.06. The van der Waals surface area contributed by atoms with Crippen LogP contribution in [0.2, 0.25) is 0 Å². The van der Waals surface area contributed by atoms with Crippen molar-refractivity contribution in [3.05, 3.63) is 35.4 Å². The molecular weight excluding hydrogens is 415 g/mol. The predicted octanol–water partition coefficient (Wildman–Crippen LogP) is 2.56. The molecule has 0 aliphatic carbocycles. The first-order valence-corrected chi connectivity index (χ1v) is 8.65. The summed E-state index contributed by atoms with van der Waals surface area (Å²) in [4.78, 5) is 7.27. The van der Waals surface area contributed by atoms with Crippen LogP contribution in [-0.4, -0.2) is 56.8 Å². The molecular formula is C18H31IN4O. The number of ether oxygens (including phenoxy) is 1. The summed E-state index contributed by atoms with van der Waals surface area (Å²) in [5.41, 5.74) is 2.62. The molecule has 5 nitrogen and oxygen atoms in total. The molecule has 2 N–H and O–H groups in total. The molecule has 1 fully saturated rings. The topological polar surface area (TPSA) is 48.9 Å². The van der Waals surface area contributed by atoms with Crippen LogP contribution >= 0.6 is 24.0 Å². The van der Waals surface area contributed by atoms with Crippen LogP contribution in [0.25, 0.3) is 0 Å². The van der Waals surface area contributed by atoms with Crippen LogP contribution in [0.4, 0.5) is 0 Å². The maximum Gasteiger partial charge on any atom is 0.191 e. The molecule has 0 saturated carbocycles. The fourth-order valence-electron chi connectivity index (χ4n) is 2.80. The van der Waals surface area contributed by atoms with Crippen molar-refractivity contribution in [2.75, 3.05) is 45.9 Å². The lowest BCUT2D eigenvalue weighted by Gasteiger charge is -2.34. The third-order valence-electron chi connectivity index (χ3n) is 4.06. The van der Waals surface area contributed by atoms with Gasteiger partial charge in [0.2, 0.25) is 0 Å². The van der Waals surface area contributed by atoms with Crippen molar-refractivity contribution in [3.8, 4) is 0 Å². The third kappa shape index (κ3) is 6.57. The fraction of sp³-hybridized carbons (Fsp3) is 0.611. The summed E-state index contributed by atoms with van der Waals surface area (Å²) in [5.74, 6) is 0.889. The summed E-state index contributed by atoms with van der Waals surface area (Å²) < 4.78 is 5.51. The summed E-state index contributed by atoms with van der Waals surface area (Å²) in [5, 5.41) is 6.60. The van der Waals surface area contributed by atoms with E-state index >= 15 is 0 Å². The normalized spacial score (nSPS) is 16.0. The van der Waals surface area contributed by atoms with Gasteiger partial charge in [-0.1, -0.05) is 29.8 Å². The molecule has 1 unspecified atom stereocenters. The van der Waals surface area contributed by atoms with Gasteiger partial charge >= 0.3 is 0 Å². The van der Waals surface area contributed by atoms with Crippen molar-refractivity contribution in [1.29, 1.82) is 0 Å². The Labute approximate surface area is 163 Å². The van der Waals surface area contributed by atoms with Crippen LogP contribution in [0, 0.1) is 6.92 Å². The van der Waals surface area contributed by atoms with Crippen molar-refractivity contribution < 1.29 is 4.74 Å². The van der Waals surface area contributed by atoms with E-state index in [-0.39, 0.29) is 24.0 Å². The van der Waals surface area contributed by atoms with Gasteiger partial charge in [0, 0.05) is 26.2 Å². The van der Waals surface area contributed by atoms with E-state index in [1.54, 1.807) is 0 Å². The predicted molar refractivity (Wildman–Crippen MR) is 111 cm³/mol. The Morgan fingerprint density at radius 2 is 1.71 bits per heavy atom. The number of halogens is 1. The average molecular weight is 446 g/mol. The summed E-state index contributed by atoms with van der Waals surface area (Å²) >= 11 is 0. The molecule has 1 aliphatic heterocycles. The van der Waals surface area contributed by atoms with Gasteiger partial charge in [-0.15, -0.1) is 24.0 Å². The minimum Gasteiger partial charge on any atom is -0.379 e. The van der Waals surface area contributed by atoms with E-state index in [4.69, 9.17) is 9.73 Å². The highest BCUT2D eigenvalue weighted by molar-refractivity contribution is 14.0. The fourth-order valence-corrected chi connectivity index (χ4v) is 2.80. The first-order valence-electron chi connectivity index (χ1n) is 8.65. The highest BCUT2D eigenvalue weighted by Crippen LogP contribution is 2.22. The number of hydrogen-bond acceptors (Lipinski definition) is 3. The number of benzene rings is 1. The van der Waals surface area contributed by atoms with Crippen molar-refractivity contribution in [3.63, 3.8) is 0 Å². The Balaban J connectivity index is 0.00000288. The monoisotopic (exact) mass is 446 g/mol. The number of morpholine rings is 1. The molecule has 2 rings (SSSR count). The average Bonchev–Trinajstić information content (AvgIpc) is 2.58. The highest BCUT2D eigenvalue weighted by atomic mass is 127. The number of nitrogens with one attached hydrogen (secondary N) is 2. The molecule has 1 aromatic carbocycles. The number of guanidine groups is 1. The molecule has 1 aromatic rings. The first kappa shape index (κ1) is 21.2. The van der Waals surface area contributed by atoms with E-state index in [0.717, 1.165) is 51.9 Å². The second kappa shape index (κ2) is 11.7. The van der Waals surface area contributed by atoms with Crippen LogP contribution < -0.4 is 10.6 Å². The van der Waals surface area contributed by atoms with Crippen molar-refractivity contribution in [2.24, 2.45) is 4.99 Å². The molecule has 136 valence electrons. The molecule has 0 bridgehead atoms. The van der Waals surface area contributed by atoms with Gasteiger partial charge in [0.1, 0.15) is 0 Å². The zero-order valence-electron chi connectivity index (χ0n) is 15.0. The lowest BCUT2D eigenvalue weighted by Crippen LogP contribution is -2.41. The van der Waals surface area contributed by atoms with E-state index < -0.39 is 0 Å². The summed E-state index contributed by atoms with van der Waals surface area (Å²) in [6.07, 6.45) is 0. The van der Waals surface area contributed by atoms with Crippen molar-refractivity contribution in [2.45, 2.75) is 26.8 Å². The molecule has 0 radical (unpaired) electrons. The van der Waals surface area contributed by atoms with Crippen molar-refractivity contribution >= 4 is 29.9 Å². The minimum absolute atomic E-state index is 0. The maximum absolute atomic E-state index is 5.51. The molecule has 1 atom stereocenters. The zero-order chi connectivity index (χ0) is 16.5. The molecule has 0 spiro atoms. The van der Waals surface area contributed by atoms with E-state index in [0.29, 0.717) is 6.04 Å². The minimum atomic E-state index is 0. The molecule has 0 aromatic heterocycles. The standard InChI is InChI=1S/C18H30N4O.HI/c1-4-19-18(20-5-2)21-14-17(22-10-12-23-13-11-22)16-8-6-15(3)7-9-16;/h6-9,17H,4-5,10-14H2,1-3H3,(H2,19,20,21);1H. The quantitative estimate of drug-likeness (QED) is 0.401. The van der Waals surface area contributed by atoms with Gasteiger partial charge in [-0.2, -0.15) is 0 Å². The number of rotatable bonds is 6. The van der Waals surface area contributed by atoms with E-state index in [9.17, 15) is 0 Å². The van der Waals surface area contributed by atoms with Crippen LogP contribution in [0.3, 0.4) is 0 Å². The van der Waals surface area contributed by atoms with Gasteiger partial charge in [0.05, 0.1) is 25.8 Å². The molecule has 6 heteroatoms.